The number of nitrogens with zero attached hydrogens (tertiary/aromatic N) is 2. The summed E-state index contributed by atoms with van der Waals surface area (Å²) in [5, 5.41) is 0.556. The molecule has 0 saturated carbocycles. The SMILES string of the molecule is CCOc1cc(C=C2SC(=Nc3cccc(C(=O)OC)c3)N(CC)C2=O)cc(I)c1OC(C)C. The van der Waals surface area contributed by atoms with Crippen LogP contribution in [0.25, 0.3) is 6.08 Å². The normalized spacial score (nSPS) is 16.0. The number of rotatable bonds is 8. The van der Waals surface area contributed by atoms with Crippen LogP contribution in [0.3, 0.4) is 0 Å². The van der Waals surface area contributed by atoms with E-state index in [2.05, 4.69) is 27.6 Å². The van der Waals surface area contributed by atoms with Gasteiger partial charge in [0.15, 0.2) is 16.7 Å². The molecule has 0 spiro atoms. The van der Waals surface area contributed by atoms with Gasteiger partial charge in [-0.1, -0.05) is 6.07 Å². The van der Waals surface area contributed by atoms with E-state index in [-0.39, 0.29) is 12.0 Å². The summed E-state index contributed by atoms with van der Waals surface area (Å²) >= 11 is 3.52. The quantitative estimate of drug-likeness (QED) is 0.216. The molecule has 0 aliphatic carbocycles. The molecule has 1 aliphatic rings. The smallest absolute Gasteiger partial charge is 0.337 e. The molecule has 1 heterocycles. The van der Waals surface area contributed by atoms with Crippen molar-refractivity contribution < 1.29 is 23.8 Å². The van der Waals surface area contributed by atoms with Crippen LogP contribution >= 0.6 is 34.4 Å². The van der Waals surface area contributed by atoms with Crippen molar-refractivity contribution in [2.24, 2.45) is 4.99 Å². The molecule has 1 amide bonds. The maximum atomic E-state index is 13.1. The number of ether oxygens (including phenoxy) is 3. The molecule has 0 aromatic heterocycles. The van der Waals surface area contributed by atoms with Gasteiger partial charge in [-0.05, 0) is 104 Å². The molecule has 2 aromatic rings. The first-order chi connectivity index (χ1) is 16.3. The first-order valence-electron chi connectivity index (χ1n) is 10.9. The molecular weight excluding hydrogens is 567 g/mol. The second-order valence-electron chi connectivity index (χ2n) is 7.53. The molecule has 3 rings (SSSR count). The zero-order valence-corrected chi connectivity index (χ0v) is 22.7. The monoisotopic (exact) mass is 594 g/mol. The number of esters is 1. The number of hydrogen-bond acceptors (Lipinski definition) is 7. The minimum Gasteiger partial charge on any atom is -0.490 e. The number of methoxy groups -OCH3 is 1. The van der Waals surface area contributed by atoms with Crippen molar-refractivity contribution in [3.63, 3.8) is 0 Å². The van der Waals surface area contributed by atoms with Gasteiger partial charge in [-0.3, -0.25) is 9.69 Å². The summed E-state index contributed by atoms with van der Waals surface area (Å²) in [6.07, 6.45) is 1.85. The number of carbonyl (C=O) groups is 2. The number of halogens is 1. The molecule has 0 atom stereocenters. The Labute approximate surface area is 217 Å². The van der Waals surface area contributed by atoms with Crippen LogP contribution in [-0.2, 0) is 9.53 Å². The van der Waals surface area contributed by atoms with Gasteiger partial charge in [-0.15, -0.1) is 0 Å². The Morgan fingerprint density at radius 2 is 2.00 bits per heavy atom. The van der Waals surface area contributed by atoms with Gasteiger partial charge in [-0.25, -0.2) is 9.79 Å². The van der Waals surface area contributed by atoms with Crippen LogP contribution < -0.4 is 9.47 Å². The van der Waals surface area contributed by atoms with Gasteiger partial charge in [-0.2, -0.15) is 0 Å². The highest BCUT2D eigenvalue weighted by atomic mass is 127. The summed E-state index contributed by atoms with van der Waals surface area (Å²) in [5.74, 6) is 0.791. The fourth-order valence-corrected chi connectivity index (χ4v) is 5.05. The van der Waals surface area contributed by atoms with Gasteiger partial charge in [0.25, 0.3) is 5.91 Å². The number of benzene rings is 2. The zero-order valence-electron chi connectivity index (χ0n) is 19.8. The van der Waals surface area contributed by atoms with Crippen molar-refractivity contribution in [1.29, 1.82) is 0 Å². The Morgan fingerprint density at radius 1 is 1.24 bits per heavy atom. The molecular formula is C25H27IN2O5S. The minimum atomic E-state index is -0.435. The molecule has 2 aromatic carbocycles. The number of carbonyl (C=O) groups excluding carboxylic acids is 2. The fourth-order valence-electron chi connectivity index (χ4n) is 3.24. The second-order valence-corrected chi connectivity index (χ2v) is 9.70. The van der Waals surface area contributed by atoms with Gasteiger partial charge >= 0.3 is 5.97 Å². The number of thioether (sulfide) groups is 1. The first-order valence-corrected chi connectivity index (χ1v) is 12.8. The Hall–Kier alpha value is -2.53. The Balaban J connectivity index is 1.96. The molecule has 1 fully saturated rings. The lowest BCUT2D eigenvalue weighted by atomic mass is 10.1. The van der Waals surface area contributed by atoms with Crippen molar-refractivity contribution in [3.8, 4) is 11.5 Å². The lowest BCUT2D eigenvalue weighted by molar-refractivity contribution is -0.122. The van der Waals surface area contributed by atoms with Gasteiger partial charge < -0.3 is 14.2 Å². The van der Waals surface area contributed by atoms with E-state index in [1.54, 1.807) is 29.2 Å². The summed E-state index contributed by atoms with van der Waals surface area (Å²) in [6, 6.07) is 10.7. The Morgan fingerprint density at radius 3 is 2.65 bits per heavy atom. The number of amides is 1. The summed E-state index contributed by atoms with van der Waals surface area (Å²) in [6.45, 7) is 8.73. The lowest BCUT2D eigenvalue weighted by Gasteiger charge is -2.17. The molecule has 0 radical (unpaired) electrons. The van der Waals surface area contributed by atoms with Crippen LogP contribution in [0.2, 0.25) is 0 Å². The van der Waals surface area contributed by atoms with Crippen LogP contribution in [0.15, 0.2) is 46.3 Å². The number of aliphatic imine (C=N–C) groups is 1. The molecule has 34 heavy (non-hydrogen) atoms. The topological polar surface area (TPSA) is 77.4 Å². The summed E-state index contributed by atoms with van der Waals surface area (Å²) < 4.78 is 17.4. The lowest BCUT2D eigenvalue weighted by Crippen LogP contribution is -2.28. The number of amidine groups is 1. The Bertz CT molecular complexity index is 1150. The van der Waals surface area contributed by atoms with Crippen molar-refractivity contribution in [3.05, 3.63) is 56.0 Å². The minimum absolute atomic E-state index is 0.0125. The van der Waals surface area contributed by atoms with Gasteiger partial charge in [0.1, 0.15) is 0 Å². The molecule has 180 valence electrons. The highest BCUT2D eigenvalue weighted by Crippen LogP contribution is 2.38. The number of hydrogen-bond donors (Lipinski definition) is 0. The van der Waals surface area contributed by atoms with Gasteiger partial charge in [0.2, 0.25) is 0 Å². The first kappa shape index (κ1) is 26.1. The van der Waals surface area contributed by atoms with E-state index < -0.39 is 5.97 Å². The predicted octanol–water partition coefficient (Wildman–Crippen LogP) is 5.89. The van der Waals surface area contributed by atoms with Crippen molar-refractivity contribution in [1.82, 2.24) is 4.90 Å². The molecule has 9 heteroatoms. The maximum Gasteiger partial charge on any atom is 0.337 e. The van der Waals surface area contributed by atoms with Crippen LogP contribution in [0, 0.1) is 3.57 Å². The predicted molar refractivity (Wildman–Crippen MR) is 144 cm³/mol. The highest BCUT2D eigenvalue weighted by Gasteiger charge is 2.32. The maximum absolute atomic E-state index is 13.1. The van der Waals surface area contributed by atoms with E-state index in [9.17, 15) is 9.59 Å². The van der Waals surface area contributed by atoms with E-state index in [1.807, 2.05) is 45.9 Å². The standard InChI is InChI=1S/C25H27IN2O5S/c1-6-28-23(29)21(34-25(28)27-18-10-8-9-17(14-18)24(30)31-5)13-16-11-19(26)22(33-15(3)4)20(12-16)32-7-2/h8-15H,6-7H2,1-5H3. The number of likely N-dealkylation sites (N-methyl/N-ethyl adjacent to an activating group) is 1. The molecule has 0 unspecified atom stereocenters. The van der Waals surface area contributed by atoms with Crippen LogP contribution in [-0.4, -0.2) is 48.3 Å². The second kappa shape index (κ2) is 11.7. The van der Waals surface area contributed by atoms with E-state index >= 15 is 0 Å². The molecule has 0 N–H and O–H groups in total. The average molecular weight is 594 g/mol. The Kier molecular flexibility index (Phi) is 9.01. The molecule has 0 bridgehead atoms. The summed E-state index contributed by atoms with van der Waals surface area (Å²) in [7, 11) is 1.34. The van der Waals surface area contributed by atoms with Crippen LogP contribution in [0.1, 0.15) is 43.6 Å². The third-order valence-corrected chi connectivity index (χ3v) is 6.49. The summed E-state index contributed by atoms with van der Waals surface area (Å²) in [4.78, 5) is 31.7. The third-order valence-electron chi connectivity index (χ3n) is 4.68. The third kappa shape index (κ3) is 6.12. The van der Waals surface area contributed by atoms with E-state index in [4.69, 9.17) is 14.2 Å². The average Bonchev–Trinajstić information content (AvgIpc) is 3.09. The largest absolute Gasteiger partial charge is 0.490 e. The summed E-state index contributed by atoms with van der Waals surface area (Å²) in [5.41, 5.74) is 1.81. The van der Waals surface area contributed by atoms with Crippen LogP contribution in [0.5, 0.6) is 11.5 Å². The van der Waals surface area contributed by atoms with E-state index in [0.717, 1.165) is 9.13 Å². The molecule has 7 nitrogen and oxygen atoms in total. The van der Waals surface area contributed by atoms with Crippen molar-refractivity contribution in [2.45, 2.75) is 33.8 Å². The molecule has 1 saturated heterocycles. The van der Waals surface area contributed by atoms with Crippen molar-refractivity contribution >= 4 is 63.2 Å². The molecule has 1 aliphatic heterocycles. The zero-order chi connectivity index (χ0) is 24.8. The van der Waals surface area contributed by atoms with Gasteiger partial charge in [0.05, 0.1) is 39.5 Å². The fraction of sp³-hybridized carbons (Fsp3) is 0.320. The van der Waals surface area contributed by atoms with Crippen molar-refractivity contribution in [2.75, 3.05) is 20.3 Å². The van der Waals surface area contributed by atoms with Crippen LogP contribution in [0.4, 0.5) is 5.69 Å². The van der Waals surface area contributed by atoms with E-state index in [1.165, 1.54) is 18.9 Å². The van der Waals surface area contributed by atoms with Gasteiger partial charge in [0, 0.05) is 6.54 Å². The van der Waals surface area contributed by atoms with E-state index in [0.29, 0.717) is 46.0 Å². The highest BCUT2D eigenvalue weighted by molar-refractivity contribution is 14.1.